The standard InChI is InChI=1S/C15H24F3N3O/c1-20-14(8-13(19)15(16,17)18)22-10-12-5-4-11(12)9-21-6-2-3-7-21/h8,11-12,19-20H,2-7,9-10H2,1H3/b14-8+,19-13?/t11-,12+/m1/s1. The van der Waals surface area contributed by atoms with Crippen LogP contribution in [-0.2, 0) is 4.74 Å². The maximum Gasteiger partial charge on any atom is 0.432 e. The highest BCUT2D eigenvalue weighted by Crippen LogP contribution is 2.36. The summed E-state index contributed by atoms with van der Waals surface area (Å²) in [5, 5.41) is 9.56. The molecule has 0 radical (unpaired) electrons. The predicted molar refractivity (Wildman–Crippen MR) is 78.8 cm³/mol. The van der Waals surface area contributed by atoms with Crippen LogP contribution in [0.5, 0.6) is 0 Å². The van der Waals surface area contributed by atoms with E-state index in [9.17, 15) is 13.2 Å². The third kappa shape index (κ3) is 4.63. The molecule has 2 aliphatic rings. The van der Waals surface area contributed by atoms with Gasteiger partial charge in [-0.1, -0.05) is 0 Å². The van der Waals surface area contributed by atoms with Gasteiger partial charge in [0.1, 0.15) is 5.71 Å². The van der Waals surface area contributed by atoms with Crippen molar-refractivity contribution in [2.45, 2.75) is 31.9 Å². The summed E-state index contributed by atoms with van der Waals surface area (Å²) < 4.78 is 42.5. The molecule has 0 aromatic heterocycles. The first-order valence-electron chi connectivity index (χ1n) is 7.80. The highest BCUT2D eigenvalue weighted by molar-refractivity contribution is 5.97. The maximum atomic E-state index is 12.4. The normalized spacial score (nSPS) is 26.6. The predicted octanol–water partition coefficient (Wildman–Crippen LogP) is 2.77. The molecule has 4 nitrogen and oxygen atoms in total. The first kappa shape index (κ1) is 17.1. The van der Waals surface area contributed by atoms with Gasteiger partial charge in [-0.3, -0.25) is 5.41 Å². The van der Waals surface area contributed by atoms with E-state index < -0.39 is 11.9 Å². The number of hydrogen-bond donors (Lipinski definition) is 2. The van der Waals surface area contributed by atoms with Crippen molar-refractivity contribution in [2.24, 2.45) is 11.8 Å². The molecule has 0 amide bonds. The fourth-order valence-corrected chi connectivity index (χ4v) is 2.99. The van der Waals surface area contributed by atoms with E-state index in [2.05, 4.69) is 10.2 Å². The second-order valence-corrected chi connectivity index (χ2v) is 6.09. The Morgan fingerprint density at radius 1 is 1.27 bits per heavy atom. The van der Waals surface area contributed by atoms with Crippen molar-refractivity contribution in [1.29, 1.82) is 5.41 Å². The molecule has 1 aliphatic heterocycles. The topological polar surface area (TPSA) is 48.4 Å². The molecule has 0 spiro atoms. The van der Waals surface area contributed by atoms with Crippen LogP contribution in [0.4, 0.5) is 13.2 Å². The lowest BCUT2D eigenvalue weighted by Crippen LogP contribution is -2.39. The molecule has 7 heteroatoms. The van der Waals surface area contributed by atoms with Gasteiger partial charge >= 0.3 is 6.18 Å². The zero-order valence-corrected chi connectivity index (χ0v) is 12.9. The van der Waals surface area contributed by atoms with Gasteiger partial charge < -0.3 is 15.0 Å². The van der Waals surface area contributed by atoms with E-state index >= 15 is 0 Å². The lowest BCUT2D eigenvalue weighted by atomic mass is 9.74. The summed E-state index contributed by atoms with van der Waals surface area (Å²) in [5.41, 5.74) is -1.40. The third-order valence-corrected chi connectivity index (χ3v) is 4.55. The molecule has 2 rings (SSSR count). The smallest absolute Gasteiger partial charge is 0.432 e. The Bertz CT molecular complexity index is 417. The first-order valence-corrected chi connectivity index (χ1v) is 7.80. The number of alkyl halides is 3. The second-order valence-electron chi connectivity index (χ2n) is 6.09. The highest BCUT2D eigenvalue weighted by Gasteiger charge is 2.35. The zero-order valence-electron chi connectivity index (χ0n) is 12.9. The van der Waals surface area contributed by atoms with E-state index in [4.69, 9.17) is 10.1 Å². The number of likely N-dealkylation sites (tertiary alicyclic amines) is 1. The van der Waals surface area contributed by atoms with Crippen molar-refractivity contribution in [1.82, 2.24) is 10.2 Å². The van der Waals surface area contributed by atoms with Gasteiger partial charge in [0, 0.05) is 19.7 Å². The minimum absolute atomic E-state index is 0.00847. The molecule has 126 valence electrons. The number of nitrogens with one attached hydrogen (secondary N) is 2. The van der Waals surface area contributed by atoms with E-state index in [1.54, 1.807) is 0 Å². The van der Waals surface area contributed by atoms with Gasteiger partial charge in [-0.2, -0.15) is 13.2 Å². The third-order valence-electron chi connectivity index (χ3n) is 4.55. The molecule has 0 aromatic carbocycles. The van der Waals surface area contributed by atoms with Gasteiger partial charge in [-0.15, -0.1) is 0 Å². The zero-order chi connectivity index (χ0) is 16.2. The molecule has 2 atom stereocenters. The molecule has 1 saturated heterocycles. The van der Waals surface area contributed by atoms with Gasteiger partial charge in [0.25, 0.3) is 0 Å². The lowest BCUT2D eigenvalue weighted by molar-refractivity contribution is -0.0587. The summed E-state index contributed by atoms with van der Waals surface area (Å²) >= 11 is 0. The van der Waals surface area contributed by atoms with Crippen LogP contribution < -0.4 is 5.32 Å². The average Bonchev–Trinajstić information content (AvgIpc) is 2.94. The molecule has 2 N–H and O–H groups in total. The minimum atomic E-state index is -4.64. The number of allylic oxidation sites excluding steroid dienone is 1. The van der Waals surface area contributed by atoms with Gasteiger partial charge in [-0.25, -0.2) is 0 Å². The van der Waals surface area contributed by atoms with E-state index in [1.807, 2.05) is 0 Å². The van der Waals surface area contributed by atoms with Crippen LogP contribution in [-0.4, -0.2) is 50.1 Å². The maximum absolute atomic E-state index is 12.4. The summed E-state index contributed by atoms with van der Waals surface area (Å²) in [6, 6.07) is 0. The van der Waals surface area contributed by atoms with Crippen molar-refractivity contribution < 1.29 is 17.9 Å². The number of rotatable bonds is 7. The lowest BCUT2D eigenvalue weighted by Gasteiger charge is -2.38. The Morgan fingerprint density at radius 3 is 2.41 bits per heavy atom. The Hall–Kier alpha value is -1.24. The number of hydrogen-bond acceptors (Lipinski definition) is 4. The van der Waals surface area contributed by atoms with Crippen molar-refractivity contribution in [3.63, 3.8) is 0 Å². The van der Waals surface area contributed by atoms with Gasteiger partial charge in [0.15, 0.2) is 5.88 Å². The molecule has 1 aliphatic carbocycles. The van der Waals surface area contributed by atoms with Crippen LogP contribution in [0.15, 0.2) is 12.0 Å². The summed E-state index contributed by atoms with van der Waals surface area (Å²) in [6.07, 6.45) is 0.822. The molecule has 22 heavy (non-hydrogen) atoms. The van der Waals surface area contributed by atoms with E-state index in [0.29, 0.717) is 24.5 Å². The summed E-state index contributed by atoms with van der Waals surface area (Å²) in [5.74, 6) is 0.991. The molecular weight excluding hydrogens is 295 g/mol. The molecule has 1 saturated carbocycles. The van der Waals surface area contributed by atoms with Crippen LogP contribution >= 0.6 is 0 Å². The van der Waals surface area contributed by atoms with Gasteiger partial charge in [0.2, 0.25) is 0 Å². The quantitative estimate of drug-likeness (QED) is 0.560. The fourth-order valence-electron chi connectivity index (χ4n) is 2.99. The Kier molecular flexibility index (Phi) is 5.72. The van der Waals surface area contributed by atoms with Crippen molar-refractivity contribution in [3.8, 4) is 0 Å². The summed E-state index contributed by atoms with van der Waals surface area (Å²) in [7, 11) is 1.50. The number of halogens is 3. The van der Waals surface area contributed by atoms with Crippen LogP contribution in [0.25, 0.3) is 0 Å². The Morgan fingerprint density at radius 2 is 1.91 bits per heavy atom. The van der Waals surface area contributed by atoms with Crippen molar-refractivity contribution in [2.75, 3.05) is 33.3 Å². The van der Waals surface area contributed by atoms with Crippen molar-refractivity contribution in [3.05, 3.63) is 12.0 Å². The molecule has 2 fully saturated rings. The van der Waals surface area contributed by atoms with Gasteiger partial charge in [0.05, 0.1) is 6.61 Å². The number of nitrogens with zero attached hydrogens (tertiary/aromatic N) is 1. The van der Waals surface area contributed by atoms with Crippen LogP contribution in [0.3, 0.4) is 0 Å². The highest BCUT2D eigenvalue weighted by atomic mass is 19.4. The van der Waals surface area contributed by atoms with Crippen LogP contribution in [0.1, 0.15) is 25.7 Å². The molecular formula is C15H24F3N3O. The Balaban J connectivity index is 1.78. The number of ether oxygens (including phenoxy) is 1. The van der Waals surface area contributed by atoms with Crippen LogP contribution in [0, 0.1) is 17.2 Å². The van der Waals surface area contributed by atoms with Gasteiger partial charge in [-0.05, 0) is 50.6 Å². The summed E-state index contributed by atoms with van der Waals surface area (Å²) in [6.45, 7) is 3.81. The van der Waals surface area contributed by atoms with Crippen LogP contribution in [0.2, 0.25) is 0 Å². The first-order chi connectivity index (χ1) is 10.4. The van der Waals surface area contributed by atoms with E-state index in [1.165, 1.54) is 26.3 Å². The monoisotopic (exact) mass is 319 g/mol. The Labute approximate surface area is 129 Å². The summed E-state index contributed by atoms with van der Waals surface area (Å²) in [4.78, 5) is 2.46. The molecule has 0 bridgehead atoms. The second kappa shape index (κ2) is 7.35. The molecule has 0 unspecified atom stereocenters. The molecule has 1 heterocycles. The molecule has 0 aromatic rings. The van der Waals surface area contributed by atoms with Crippen molar-refractivity contribution >= 4 is 5.71 Å². The van der Waals surface area contributed by atoms with E-state index in [-0.39, 0.29) is 5.88 Å². The SMILES string of the molecule is CN/C(=C\C(=N)C(F)(F)F)OC[C@@H]1CC[C@@H]1CN1CCCC1. The largest absolute Gasteiger partial charge is 0.479 e. The minimum Gasteiger partial charge on any atom is -0.479 e. The van der Waals surface area contributed by atoms with E-state index in [0.717, 1.165) is 26.1 Å². The fraction of sp³-hybridized carbons (Fsp3) is 0.800. The average molecular weight is 319 g/mol.